The Balaban J connectivity index is 1.60. The number of hydrogen-bond donors (Lipinski definition) is 1. The zero-order valence-corrected chi connectivity index (χ0v) is 11.7. The average Bonchev–Trinajstić information content (AvgIpc) is 3.18. The number of nitrogens with zero attached hydrogens (tertiary/aromatic N) is 2. The van der Waals surface area contributed by atoms with Gasteiger partial charge in [0.05, 0.1) is 11.7 Å². The number of benzene rings is 2. The highest BCUT2D eigenvalue weighted by Crippen LogP contribution is 2.33. The van der Waals surface area contributed by atoms with E-state index in [4.69, 9.17) is 0 Å². The normalized spacial score (nSPS) is 16.7. The van der Waals surface area contributed by atoms with Gasteiger partial charge in [0.15, 0.2) is 0 Å². The minimum Gasteiger partial charge on any atom is -0.378 e. The number of hydrogen-bond acceptors (Lipinski definition) is 2. The molecule has 3 heteroatoms. The van der Waals surface area contributed by atoms with Crippen molar-refractivity contribution in [1.29, 1.82) is 0 Å². The van der Waals surface area contributed by atoms with Crippen molar-refractivity contribution in [2.24, 2.45) is 0 Å². The summed E-state index contributed by atoms with van der Waals surface area (Å²) in [5.41, 5.74) is 5.13. The molecule has 0 bridgehead atoms. The molecule has 1 heterocycles. The van der Waals surface area contributed by atoms with Gasteiger partial charge in [0, 0.05) is 18.1 Å². The molecule has 0 aliphatic heterocycles. The second kappa shape index (κ2) is 5.09. The number of aromatic nitrogens is 2. The predicted molar refractivity (Wildman–Crippen MR) is 84.7 cm³/mol. The molecule has 1 aliphatic carbocycles. The molecule has 1 unspecified atom stereocenters. The Morgan fingerprint density at radius 3 is 2.90 bits per heavy atom. The van der Waals surface area contributed by atoms with E-state index in [0.29, 0.717) is 6.04 Å². The Bertz CT molecular complexity index is 747. The Kier molecular flexibility index (Phi) is 2.96. The first kappa shape index (κ1) is 12.2. The molecule has 1 aliphatic rings. The number of aryl methyl sites for hydroxylation is 1. The van der Waals surface area contributed by atoms with Gasteiger partial charge in [0.1, 0.15) is 0 Å². The van der Waals surface area contributed by atoms with Gasteiger partial charge < -0.3 is 5.32 Å². The molecule has 1 atom stereocenters. The number of rotatable bonds is 3. The first-order valence-corrected chi connectivity index (χ1v) is 7.34. The van der Waals surface area contributed by atoms with Crippen molar-refractivity contribution in [3.8, 4) is 5.69 Å². The lowest BCUT2D eigenvalue weighted by atomic mass is 10.1. The van der Waals surface area contributed by atoms with Crippen LogP contribution in [0.15, 0.2) is 67.0 Å². The summed E-state index contributed by atoms with van der Waals surface area (Å²) in [4.78, 5) is 0. The van der Waals surface area contributed by atoms with Gasteiger partial charge in [0.25, 0.3) is 0 Å². The first-order valence-electron chi connectivity index (χ1n) is 7.34. The van der Waals surface area contributed by atoms with Gasteiger partial charge in [0.2, 0.25) is 0 Å². The van der Waals surface area contributed by atoms with Crippen LogP contribution in [0.5, 0.6) is 0 Å². The van der Waals surface area contributed by atoms with Crippen LogP contribution in [0.3, 0.4) is 0 Å². The molecule has 1 N–H and O–H groups in total. The quantitative estimate of drug-likeness (QED) is 0.783. The van der Waals surface area contributed by atoms with Gasteiger partial charge in [-0.1, -0.05) is 30.3 Å². The Morgan fingerprint density at radius 1 is 1.05 bits per heavy atom. The van der Waals surface area contributed by atoms with E-state index in [2.05, 4.69) is 58.9 Å². The Hall–Kier alpha value is -2.55. The Labute approximate surface area is 124 Å². The largest absolute Gasteiger partial charge is 0.378 e. The van der Waals surface area contributed by atoms with Gasteiger partial charge in [-0.3, -0.25) is 0 Å². The monoisotopic (exact) mass is 275 g/mol. The summed E-state index contributed by atoms with van der Waals surface area (Å²) in [6.07, 6.45) is 6.08. The fourth-order valence-electron chi connectivity index (χ4n) is 3.07. The lowest BCUT2D eigenvalue weighted by Crippen LogP contribution is -2.07. The first-order chi connectivity index (χ1) is 10.4. The van der Waals surface area contributed by atoms with E-state index in [-0.39, 0.29) is 0 Å². The molecule has 2 aromatic carbocycles. The number of fused-ring (bicyclic) bond motifs is 1. The van der Waals surface area contributed by atoms with Crippen molar-refractivity contribution in [3.05, 3.63) is 78.1 Å². The molecule has 0 fully saturated rings. The minimum absolute atomic E-state index is 0.411. The van der Waals surface area contributed by atoms with E-state index in [1.807, 2.05) is 16.9 Å². The van der Waals surface area contributed by atoms with Crippen LogP contribution in [0.4, 0.5) is 5.69 Å². The highest BCUT2D eigenvalue weighted by atomic mass is 15.3. The SMILES string of the molecule is c1cc(NC2CCc3ccccc32)cc(-n2cccn2)c1. The van der Waals surface area contributed by atoms with E-state index in [9.17, 15) is 0 Å². The number of anilines is 1. The fraction of sp³-hybridized carbons (Fsp3) is 0.167. The summed E-state index contributed by atoms with van der Waals surface area (Å²) in [5.74, 6) is 0. The molecule has 104 valence electrons. The van der Waals surface area contributed by atoms with Crippen LogP contribution in [0.2, 0.25) is 0 Å². The summed E-state index contributed by atoms with van der Waals surface area (Å²) in [5, 5.41) is 7.94. The maximum atomic E-state index is 4.28. The van der Waals surface area contributed by atoms with Crippen LogP contribution in [0, 0.1) is 0 Å². The summed E-state index contributed by atoms with van der Waals surface area (Å²) in [7, 11) is 0. The third kappa shape index (κ3) is 2.31. The van der Waals surface area contributed by atoms with Crippen molar-refractivity contribution < 1.29 is 0 Å². The maximum Gasteiger partial charge on any atom is 0.0666 e. The number of nitrogens with one attached hydrogen (secondary N) is 1. The average molecular weight is 275 g/mol. The predicted octanol–water partition coefficient (Wildman–Crippen LogP) is 3.97. The van der Waals surface area contributed by atoms with E-state index in [1.54, 1.807) is 6.20 Å². The van der Waals surface area contributed by atoms with E-state index >= 15 is 0 Å². The zero-order valence-electron chi connectivity index (χ0n) is 11.7. The maximum absolute atomic E-state index is 4.28. The molecular weight excluding hydrogens is 258 g/mol. The second-order valence-corrected chi connectivity index (χ2v) is 5.44. The zero-order chi connectivity index (χ0) is 14.1. The smallest absolute Gasteiger partial charge is 0.0666 e. The standard InChI is InChI=1S/C18H17N3/c1-2-8-17-14(5-1)9-10-18(17)20-15-6-3-7-16(13-15)21-12-4-11-19-21/h1-8,11-13,18,20H,9-10H2. The van der Waals surface area contributed by atoms with Crippen molar-refractivity contribution in [2.45, 2.75) is 18.9 Å². The van der Waals surface area contributed by atoms with Crippen LogP contribution in [-0.4, -0.2) is 9.78 Å². The third-order valence-corrected chi connectivity index (χ3v) is 4.09. The van der Waals surface area contributed by atoms with Gasteiger partial charge in [-0.15, -0.1) is 0 Å². The van der Waals surface area contributed by atoms with Gasteiger partial charge >= 0.3 is 0 Å². The van der Waals surface area contributed by atoms with E-state index in [0.717, 1.165) is 24.2 Å². The molecule has 3 aromatic rings. The molecule has 0 spiro atoms. The lowest BCUT2D eigenvalue weighted by Gasteiger charge is -2.16. The molecule has 0 saturated carbocycles. The van der Waals surface area contributed by atoms with Crippen LogP contribution >= 0.6 is 0 Å². The highest BCUT2D eigenvalue weighted by molar-refractivity contribution is 5.53. The minimum atomic E-state index is 0.411. The van der Waals surface area contributed by atoms with Crippen molar-refractivity contribution in [2.75, 3.05) is 5.32 Å². The Morgan fingerprint density at radius 2 is 2.00 bits per heavy atom. The van der Waals surface area contributed by atoms with Crippen LogP contribution in [-0.2, 0) is 6.42 Å². The fourth-order valence-corrected chi connectivity index (χ4v) is 3.07. The summed E-state index contributed by atoms with van der Waals surface area (Å²) in [6, 6.07) is 19.5. The van der Waals surface area contributed by atoms with Crippen LogP contribution in [0.25, 0.3) is 5.69 Å². The van der Waals surface area contributed by atoms with Crippen molar-refractivity contribution in [1.82, 2.24) is 9.78 Å². The highest BCUT2D eigenvalue weighted by Gasteiger charge is 2.21. The third-order valence-electron chi connectivity index (χ3n) is 4.09. The molecule has 3 nitrogen and oxygen atoms in total. The van der Waals surface area contributed by atoms with E-state index in [1.165, 1.54) is 11.1 Å². The molecule has 0 amide bonds. The van der Waals surface area contributed by atoms with Gasteiger partial charge in [-0.2, -0.15) is 5.10 Å². The summed E-state index contributed by atoms with van der Waals surface area (Å²) >= 11 is 0. The summed E-state index contributed by atoms with van der Waals surface area (Å²) < 4.78 is 1.88. The lowest BCUT2D eigenvalue weighted by molar-refractivity contribution is 0.761. The van der Waals surface area contributed by atoms with Crippen molar-refractivity contribution >= 4 is 5.69 Å². The second-order valence-electron chi connectivity index (χ2n) is 5.44. The molecule has 0 saturated heterocycles. The van der Waals surface area contributed by atoms with Gasteiger partial charge in [-0.25, -0.2) is 4.68 Å². The molecule has 4 rings (SSSR count). The van der Waals surface area contributed by atoms with Crippen molar-refractivity contribution in [3.63, 3.8) is 0 Å². The molecule has 1 aromatic heterocycles. The topological polar surface area (TPSA) is 29.9 Å². The van der Waals surface area contributed by atoms with Crippen LogP contribution in [0.1, 0.15) is 23.6 Å². The molecular formula is C18H17N3. The molecule has 0 radical (unpaired) electrons. The molecule has 21 heavy (non-hydrogen) atoms. The van der Waals surface area contributed by atoms with Crippen LogP contribution < -0.4 is 5.32 Å². The van der Waals surface area contributed by atoms with E-state index < -0.39 is 0 Å². The van der Waals surface area contributed by atoms with Gasteiger partial charge in [-0.05, 0) is 48.2 Å². The summed E-state index contributed by atoms with van der Waals surface area (Å²) in [6.45, 7) is 0.